The molecule has 0 unspecified atom stereocenters. The summed E-state index contributed by atoms with van der Waals surface area (Å²) in [6.45, 7) is 0. The van der Waals surface area contributed by atoms with Crippen LogP contribution in [0.5, 0.6) is 0 Å². The number of hydrogen-bond acceptors (Lipinski definition) is 5. The number of benzene rings is 2. The lowest BCUT2D eigenvalue weighted by atomic mass is 10.1. The number of nitrogens with zero attached hydrogens (tertiary/aromatic N) is 2. The number of aromatic nitrogens is 1. The lowest BCUT2D eigenvalue weighted by Gasteiger charge is -2.04. The van der Waals surface area contributed by atoms with Gasteiger partial charge in [0, 0.05) is 27.1 Å². The lowest BCUT2D eigenvalue weighted by molar-refractivity contribution is -0.385. The second-order valence-corrected chi connectivity index (χ2v) is 7.17. The molecule has 0 saturated carbocycles. The molecule has 0 fully saturated rings. The van der Waals surface area contributed by atoms with E-state index in [9.17, 15) is 14.9 Å². The van der Waals surface area contributed by atoms with Crippen LogP contribution in [0.2, 0.25) is 15.1 Å². The van der Waals surface area contributed by atoms with Crippen LogP contribution in [0.25, 0.3) is 11.3 Å². The largest absolute Gasteiger partial charge is 0.298 e. The van der Waals surface area contributed by atoms with Gasteiger partial charge in [-0.3, -0.25) is 20.2 Å². The number of nitrogens with one attached hydrogen (secondary N) is 1. The summed E-state index contributed by atoms with van der Waals surface area (Å²) in [6, 6.07) is 8.74. The van der Waals surface area contributed by atoms with Crippen LogP contribution in [-0.4, -0.2) is 15.8 Å². The van der Waals surface area contributed by atoms with Crippen molar-refractivity contribution in [2.45, 2.75) is 0 Å². The highest BCUT2D eigenvalue weighted by Gasteiger charge is 2.21. The molecule has 0 atom stereocenters. The summed E-state index contributed by atoms with van der Waals surface area (Å²) >= 11 is 19.0. The molecule has 0 radical (unpaired) electrons. The van der Waals surface area contributed by atoms with Crippen molar-refractivity contribution in [3.05, 3.63) is 72.5 Å². The average Bonchev–Trinajstić information content (AvgIpc) is 3.02. The molecule has 2 aromatic carbocycles. The van der Waals surface area contributed by atoms with Crippen LogP contribution in [0.1, 0.15) is 10.4 Å². The number of hydrogen-bond donors (Lipinski definition) is 1. The Kier molecular flexibility index (Phi) is 5.43. The van der Waals surface area contributed by atoms with E-state index in [1.165, 1.54) is 18.2 Å². The van der Waals surface area contributed by atoms with Crippen molar-refractivity contribution in [3.8, 4) is 11.3 Å². The number of nitro groups is 1. The van der Waals surface area contributed by atoms with E-state index in [-0.39, 0.29) is 21.4 Å². The van der Waals surface area contributed by atoms with Crippen molar-refractivity contribution in [1.29, 1.82) is 0 Å². The Morgan fingerprint density at radius 1 is 1.12 bits per heavy atom. The molecule has 0 aliphatic carbocycles. The Morgan fingerprint density at radius 2 is 1.81 bits per heavy atom. The zero-order valence-corrected chi connectivity index (χ0v) is 15.8. The van der Waals surface area contributed by atoms with E-state index >= 15 is 0 Å². The van der Waals surface area contributed by atoms with E-state index in [1.54, 1.807) is 23.6 Å². The van der Waals surface area contributed by atoms with Gasteiger partial charge in [0.15, 0.2) is 5.13 Å². The third-order valence-electron chi connectivity index (χ3n) is 3.33. The second-order valence-electron chi connectivity index (χ2n) is 5.03. The van der Waals surface area contributed by atoms with Crippen molar-refractivity contribution < 1.29 is 9.72 Å². The molecular formula is C16H8Cl3N3O3S. The summed E-state index contributed by atoms with van der Waals surface area (Å²) < 4.78 is 0. The fraction of sp³-hybridized carbons (Fsp3) is 0. The van der Waals surface area contributed by atoms with Gasteiger partial charge >= 0.3 is 0 Å². The molecule has 0 bridgehead atoms. The topological polar surface area (TPSA) is 85.1 Å². The van der Waals surface area contributed by atoms with Gasteiger partial charge in [0.05, 0.1) is 15.6 Å². The molecule has 1 N–H and O–H groups in total. The first kappa shape index (κ1) is 18.6. The van der Waals surface area contributed by atoms with Crippen molar-refractivity contribution in [2.75, 3.05) is 5.32 Å². The number of rotatable bonds is 4. The van der Waals surface area contributed by atoms with Gasteiger partial charge in [0.2, 0.25) is 0 Å². The molecule has 0 spiro atoms. The van der Waals surface area contributed by atoms with Crippen LogP contribution in [0.15, 0.2) is 41.8 Å². The number of amides is 1. The van der Waals surface area contributed by atoms with Gasteiger partial charge in [0.1, 0.15) is 5.56 Å². The summed E-state index contributed by atoms with van der Waals surface area (Å²) in [7, 11) is 0. The van der Waals surface area contributed by atoms with Crippen molar-refractivity contribution >= 4 is 62.9 Å². The summed E-state index contributed by atoms with van der Waals surface area (Å²) in [4.78, 5) is 27.1. The highest BCUT2D eigenvalue weighted by atomic mass is 35.5. The van der Waals surface area contributed by atoms with Crippen molar-refractivity contribution in [2.24, 2.45) is 0 Å². The first-order chi connectivity index (χ1) is 12.3. The third kappa shape index (κ3) is 3.96. The van der Waals surface area contributed by atoms with Crippen LogP contribution in [0.3, 0.4) is 0 Å². The van der Waals surface area contributed by atoms with E-state index in [0.29, 0.717) is 21.3 Å². The van der Waals surface area contributed by atoms with Crippen molar-refractivity contribution in [1.82, 2.24) is 4.98 Å². The number of halogens is 3. The molecule has 6 nitrogen and oxygen atoms in total. The fourth-order valence-corrected chi connectivity index (χ4v) is 3.55. The van der Waals surface area contributed by atoms with Gasteiger partial charge in [-0.05, 0) is 30.3 Å². The minimum atomic E-state index is -0.678. The zero-order valence-electron chi connectivity index (χ0n) is 12.7. The maximum atomic E-state index is 12.4. The summed E-state index contributed by atoms with van der Waals surface area (Å²) in [6.07, 6.45) is 0. The number of carbonyl (C=O) groups excluding carboxylic acids is 1. The molecule has 3 aromatic rings. The predicted molar refractivity (Wildman–Crippen MR) is 104 cm³/mol. The molecule has 1 aromatic heterocycles. The molecule has 26 heavy (non-hydrogen) atoms. The van der Waals surface area contributed by atoms with Crippen LogP contribution in [-0.2, 0) is 0 Å². The Labute approximate surface area is 166 Å². The predicted octanol–water partition coefficient (Wildman–Crippen LogP) is 5.93. The van der Waals surface area contributed by atoms with Gasteiger partial charge < -0.3 is 0 Å². The summed E-state index contributed by atoms with van der Waals surface area (Å²) in [5.41, 5.74) is 0.710. The summed E-state index contributed by atoms with van der Waals surface area (Å²) in [5.74, 6) is -0.678. The molecule has 3 rings (SSSR count). The maximum absolute atomic E-state index is 12.4. The first-order valence-corrected chi connectivity index (χ1v) is 9.03. The van der Waals surface area contributed by atoms with Crippen LogP contribution in [0.4, 0.5) is 10.8 Å². The fourth-order valence-electron chi connectivity index (χ4n) is 2.17. The van der Waals surface area contributed by atoms with Gasteiger partial charge in [-0.2, -0.15) is 0 Å². The standard InChI is InChI=1S/C16H8Cl3N3O3S/c17-8-2-4-14(22(24)25)11(5-8)15(23)21-16-20-13(7-26-16)10-3-1-9(18)6-12(10)19/h1-7H,(H,20,21,23). The van der Waals surface area contributed by atoms with Gasteiger partial charge in [0.25, 0.3) is 11.6 Å². The minimum Gasteiger partial charge on any atom is -0.298 e. The normalized spacial score (nSPS) is 10.6. The smallest absolute Gasteiger partial charge is 0.282 e. The van der Waals surface area contributed by atoms with Crippen LogP contribution < -0.4 is 5.32 Å². The van der Waals surface area contributed by atoms with Crippen LogP contribution >= 0.6 is 46.1 Å². The molecular weight excluding hydrogens is 421 g/mol. The molecule has 10 heteroatoms. The minimum absolute atomic E-state index is 0.149. The Balaban J connectivity index is 1.87. The van der Waals surface area contributed by atoms with Crippen molar-refractivity contribution in [3.63, 3.8) is 0 Å². The monoisotopic (exact) mass is 427 g/mol. The zero-order chi connectivity index (χ0) is 18.8. The van der Waals surface area contributed by atoms with E-state index in [4.69, 9.17) is 34.8 Å². The Morgan fingerprint density at radius 3 is 2.50 bits per heavy atom. The molecule has 0 aliphatic rings. The van der Waals surface area contributed by atoms with Crippen LogP contribution in [0, 0.1) is 10.1 Å². The maximum Gasteiger partial charge on any atom is 0.282 e. The first-order valence-electron chi connectivity index (χ1n) is 7.01. The Bertz CT molecular complexity index is 1020. The highest BCUT2D eigenvalue weighted by Crippen LogP contribution is 2.33. The van der Waals surface area contributed by atoms with E-state index in [0.717, 1.165) is 11.3 Å². The molecule has 0 saturated heterocycles. The van der Waals surface area contributed by atoms with Gasteiger partial charge in [-0.25, -0.2) is 4.98 Å². The molecule has 1 heterocycles. The van der Waals surface area contributed by atoms with Gasteiger partial charge in [-0.1, -0.05) is 34.8 Å². The SMILES string of the molecule is O=C(Nc1nc(-c2ccc(Cl)cc2Cl)cs1)c1cc(Cl)ccc1[N+](=O)[O-]. The average molecular weight is 429 g/mol. The second kappa shape index (κ2) is 7.59. The molecule has 132 valence electrons. The quantitative estimate of drug-likeness (QED) is 0.412. The number of anilines is 1. The number of carbonyl (C=O) groups is 1. The Hall–Kier alpha value is -2.19. The number of nitro benzene ring substituents is 1. The highest BCUT2D eigenvalue weighted by molar-refractivity contribution is 7.14. The third-order valence-corrected chi connectivity index (χ3v) is 4.87. The van der Waals surface area contributed by atoms with Gasteiger partial charge in [-0.15, -0.1) is 11.3 Å². The van der Waals surface area contributed by atoms with E-state index in [1.807, 2.05) is 0 Å². The molecule has 1 amide bonds. The number of thiazole rings is 1. The molecule has 0 aliphatic heterocycles. The van der Waals surface area contributed by atoms with E-state index < -0.39 is 10.8 Å². The summed E-state index contributed by atoms with van der Waals surface area (Å²) in [5, 5.41) is 16.7. The lowest BCUT2D eigenvalue weighted by Crippen LogP contribution is -2.13. The van der Waals surface area contributed by atoms with E-state index in [2.05, 4.69) is 10.3 Å².